The van der Waals surface area contributed by atoms with Crippen LogP contribution in [0.2, 0.25) is 0 Å². The molecule has 1 fully saturated rings. The summed E-state index contributed by atoms with van der Waals surface area (Å²) in [5.74, 6) is 0.442. The van der Waals surface area contributed by atoms with Crippen LogP contribution in [-0.4, -0.2) is 52.6 Å². The summed E-state index contributed by atoms with van der Waals surface area (Å²) in [7, 11) is 0. The highest BCUT2D eigenvalue weighted by Gasteiger charge is 2.18. The maximum Gasteiger partial charge on any atom is 0.223 e. The van der Waals surface area contributed by atoms with Gasteiger partial charge in [0.1, 0.15) is 0 Å². The molecular weight excluding hydrogens is 284 g/mol. The summed E-state index contributed by atoms with van der Waals surface area (Å²) in [5, 5.41) is 18.4. The number of likely N-dealkylation sites (tertiary alicyclic amines) is 1. The minimum atomic E-state index is -0.340. The lowest BCUT2D eigenvalue weighted by Gasteiger charge is -2.31. The first-order valence-electron chi connectivity index (χ1n) is 7.93. The van der Waals surface area contributed by atoms with Crippen molar-refractivity contribution in [3.05, 3.63) is 28.2 Å². The fourth-order valence-corrected chi connectivity index (χ4v) is 2.94. The van der Waals surface area contributed by atoms with Crippen molar-refractivity contribution in [2.24, 2.45) is 5.92 Å². The van der Waals surface area contributed by atoms with E-state index >= 15 is 0 Å². The second-order valence-electron chi connectivity index (χ2n) is 6.03. The minimum Gasteiger partial charge on any atom is -0.503 e. The molecule has 1 aromatic heterocycles. The van der Waals surface area contributed by atoms with Gasteiger partial charge < -0.3 is 19.5 Å². The molecule has 22 heavy (non-hydrogen) atoms. The first-order valence-corrected chi connectivity index (χ1v) is 7.93. The molecular formula is C16H26N2O4. The Morgan fingerprint density at radius 1 is 1.41 bits per heavy atom. The van der Waals surface area contributed by atoms with Gasteiger partial charge in [0.2, 0.25) is 5.43 Å². The molecule has 0 bridgehead atoms. The molecule has 1 unspecified atom stereocenters. The molecule has 2 heterocycles. The number of rotatable bonds is 7. The third-order valence-electron chi connectivity index (χ3n) is 4.04. The van der Waals surface area contributed by atoms with Crippen molar-refractivity contribution in [2.45, 2.75) is 32.9 Å². The second kappa shape index (κ2) is 8.31. The molecule has 0 spiro atoms. The van der Waals surface area contributed by atoms with Crippen molar-refractivity contribution < 1.29 is 14.9 Å². The number of hydrogen-bond donors (Lipinski definition) is 2. The Labute approximate surface area is 130 Å². The Bertz CT molecular complexity index is 529. The lowest BCUT2D eigenvalue weighted by atomic mass is 10.0. The van der Waals surface area contributed by atoms with E-state index in [2.05, 4.69) is 11.8 Å². The van der Waals surface area contributed by atoms with E-state index in [0.717, 1.165) is 18.8 Å². The fourth-order valence-electron chi connectivity index (χ4n) is 2.94. The smallest absolute Gasteiger partial charge is 0.223 e. The van der Waals surface area contributed by atoms with Gasteiger partial charge in [-0.2, -0.15) is 0 Å². The average molecular weight is 310 g/mol. The lowest BCUT2D eigenvalue weighted by molar-refractivity contribution is 0.0857. The van der Waals surface area contributed by atoms with Gasteiger partial charge in [0.25, 0.3) is 0 Å². The monoisotopic (exact) mass is 310 g/mol. The minimum absolute atomic E-state index is 0.00601. The van der Waals surface area contributed by atoms with Crippen LogP contribution in [0.4, 0.5) is 0 Å². The standard InChI is InChI=1S/C16H26N2O4/c1-13-3-2-4-17(10-13)11-14-9-15(20)16(21)12-18(14)5-7-22-8-6-19/h9,12-13,19,21H,2-8,10-11H2,1H3. The van der Waals surface area contributed by atoms with Crippen LogP contribution < -0.4 is 5.43 Å². The number of nitrogens with zero attached hydrogens (tertiary/aromatic N) is 2. The number of aliphatic hydroxyl groups is 1. The maximum atomic E-state index is 11.7. The topological polar surface area (TPSA) is 74.9 Å². The molecule has 1 saturated heterocycles. The van der Waals surface area contributed by atoms with Gasteiger partial charge in [0, 0.05) is 31.4 Å². The van der Waals surface area contributed by atoms with E-state index in [1.807, 2.05) is 4.57 Å². The quantitative estimate of drug-likeness (QED) is 0.729. The van der Waals surface area contributed by atoms with E-state index in [1.165, 1.54) is 25.1 Å². The summed E-state index contributed by atoms with van der Waals surface area (Å²) >= 11 is 0. The van der Waals surface area contributed by atoms with Crippen molar-refractivity contribution in [2.75, 3.05) is 32.9 Å². The maximum absolute atomic E-state index is 11.7. The molecule has 2 rings (SSSR count). The fraction of sp³-hybridized carbons (Fsp3) is 0.688. The molecule has 0 aliphatic carbocycles. The van der Waals surface area contributed by atoms with E-state index in [-0.39, 0.29) is 17.8 Å². The van der Waals surface area contributed by atoms with E-state index in [4.69, 9.17) is 9.84 Å². The summed E-state index contributed by atoms with van der Waals surface area (Å²) in [6, 6.07) is 1.51. The third-order valence-corrected chi connectivity index (χ3v) is 4.04. The molecule has 1 aliphatic rings. The molecule has 1 aliphatic heterocycles. The number of ether oxygens (including phenoxy) is 1. The van der Waals surface area contributed by atoms with Gasteiger partial charge in [-0.3, -0.25) is 9.69 Å². The van der Waals surface area contributed by atoms with Crippen molar-refractivity contribution in [1.82, 2.24) is 9.47 Å². The van der Waals surface area contributed by atoms with Crippen LogP contribution in [0.15, 0.2) is 17.1 Å². The Balaban J connectivity index is 2.06. The van der Waals surface area contributed by atoms with Gasteiger partial charge in [-0.15, -0.1) is 0 Å². The largest absolute Gasteiger partial charge is 0.503 e. The van der Waals surface area contributed by atoms with E-state index in [9.17, 15) is 9.90 Å². The van der Waals surface area contributed by atoms with Gasteiger partial charge in [-0.05, 0) is 25.3 Å². The molecule has 0 aromatic carbocycles. The summed E-state index contributed by atoms with van der Waals surface area (Å²) in [5.41, 5.74) is 0.553. The van der Waals surface area contributed by atoms with Gasteiger partial charge in [-0.25, -0.2) is 0 Å². The second-order valence-corrected chi connectivity index (χ2v) is 6.03. The summed E-state index contributed by atoms with van der Waals surface area (Å²) < 4.78 is 7.14. The van der Waals surface area contributed by atoms with E-state index < -0.39 is 0 Å². The molecule has 1 atom stereocenters. The molecule has 2 N–H and O–H groups in total. The molecule has 6 nitrogen and oxygen atoms in total. The zero-order valence-electron chi connectivity index (χ0n) is 13.2. The van der Waals surface area contributed by atoms with E-state index in [0.29, 0.717) is 32.2 Å². The van der Waals surface area contributed by atoms with Crippen LogP contribution >= 0.6 is 0 Å². The van der Waals surface area contributed by atoms with Crippen LogP contribution in [0.3, 0.4) is 0 Å². The highest BCUT2D eigenvalue weighted by molar-refractivity contribution is 5.20. The predicted octanol–water partition coefficient (Wildman–Crippen LogP) is 0.795. The number of aliphatic hydroxyl groups excluding tert-OH is 1. The van der Waals surface area contributed by atoms with Crippen LogP contribution in [0, 0.1) is 5.92 Å². The molecule has 0 amide bonds. The van der Waals surface area contributed by atoms with Crippen molar-refractivity contribution >= 4 is 0 Å². The number of piperidine rings is 1. The van der Waals surface area contributed by atoms with E-state index in [1.54, 1.807) is 0 Å². The van der Waals surface area contributed by atoms with Crippen molar-refractivity contribution in [1.29, 1.82) is 0 Å². The number of pyridine rings is 1. The molecule has 1 aromatic rings. The SMILES string of the molecule is CC1CCCN(Cc2cc(=O)c(O)cn2CCOCCO)C1. The molecule has 0 saturated carbocycles. The number of hydrogen-bond acceptors (Lipinski definition) is 5. The lowest BCUT2D eigenvalue weighted by Crippen LogP contribution is -2.35. The molecule has 6 heteroatoms. The third kappa shape index (κ3) is 4.83. The highest BCUT2D eigenvalue weighted by Crippen LogP contribution is 2.18. The summed E-state index contributed by atoms with van der Waals surface area (Å²) in [6.07, 6.45) is 3.92. The van der Waals surface area contributed by atoms with Gasteiger partial charge in [0.05, 0.1) is 26.0 Å². The molecule has 0 radical (unpaired) electrons. The first kappa shape index (κ1) is 17.0. The zero-order valence-corrected chi connectivity index (χ0v) is 13.2. The normalized spacial score (nSPS) is 19.5. The van der Waals surface area contributed by atoms with Gasteiger partial charge in [-0.1, -0.05) is 6.92 Å². The Kier molecular flexibility index (Phi) is 6.42. The summed E-state index contributed by atoms with van der Waals surface area (Å²) in [4.78, 5) is 14.1. The van der Waals surface area contributed by atoms with Crippen LogP contribution in [0.1, 0.15) is 25.5 Å². The Morgan fingerprint density at radius 3 is 2.95 bits per heavy atom. The van der Waals surface area contributed by atoms with Crippen LogP contribution in [0.5, 0.6) is 5.75 Å². The van der Waals surface area contributed by atoms with Gasteiger partial charge in [0.15, 0.2) is 5.75 Å². The van der Waals surface area contributed by atoms with Crippen LogP contribution in [-0.2, 0) is 17.8 Å². The highest BCUT2D eigenvalue weighted by atomic mass is 16.5. The number of aromatic hydroxyl groups is 1. The zero-order chi connectivity index (χ0) is 15.9. The van der Waals surface area contributed by atoms with Gasteiger partial charge >= 0.3 is 0 Å². The van der Waals surface area contributed by atoms with Crippen molar-refractivity contribution in [3.8, 4) is 5.75 Å². The average Bonchev–Trinajstić information content (AvgIpc) is 2.48. The Morgan fingerprint density at radius 2 is 2.23 bits per heavy atom. The predicted molar refractivity (Wildman–Crippen MR) is 83.9 cm³/mol. The molecule has 124 valence electrons. The van der Waals surface area contributed by atoms with Crippen molar-refractivity contribution in [3.63, 3.8) is 0 Å². The van der Waals surface area contributed by atoms with Crippen LogP contribution in [0.25, 0.3) is 0 Å². The first-order chi connectivity index (χ1) is 10.6. The number of aromatic nitrogens is 1. The Hall–Kier alpha value is -1.37. The summed E-state index contributed by atoms with van der Waals surface area (Å²) in [6.45, 7) is 6.31.